The zero-order valence-corrected chi connectivity index (χ0v) is 9.54. The van der Waals surface area contributed by atoms with Gasteiger partial charge in [0.2, 0.25) is 5.95 Å². The Kier molecular flexibility index (Phi) is 2.46. The summed E-state index contributed by atoms with van der Waals surface area (Å²) in [6.45, 7) is 1.02. The fourth-order valence-corrected chi connectivity index (χ4v) is 1.94. The molecule has 0 bridgehead atoms. The Morgan fingerprint density at radius 1 is 1.29 bits per heavy atom. The Morgan fingerprint density at radius 3 is 2.41 bits per heavy atom. The largest absolute Gasteiger partial charge is 0.478 e. The maximum Gasteiger partial charge on any atom is 0.338 e. The normalized spacial score (nSPS) is 19.1. The maximum atomic E-state index is 10.7. The van der Waals surface area contributed by atoms with Crippen molar-refractivity contribution in [3.05, 3.63) is 18.0 Å². The highest BCUT2D eigenvalue weighted by Gasteiger charge is 2.35. The van der Waals surface area contributed by atoms with E-state index in [1.807, 2.05) is 0 Å². The van der Waals surface area contributed by atoms with Gasteiger partial charge in [-0.3, -0.25) is 0 Å². The number of aromatic nitrogens is 2. The molecule has 5 heteroatoms. The van der Waals surface area contributed by atoms with E-state index >= 15 is 0 Å². The van der Waals surface area contributed by atoms with Gasteiger partial charge in [-0.25, -0.2) is 14.8 Å². The molecule has 1 N–H and O–H groups in total. The summed E-state index contributed by atoms with van der Waals surface area (Å²) >= 11 is 0. The number of anilines is 1. The van der Waals surface area contributed by atoms with Gasteiger partial charge in [-0.1, -0.05) is 0 Å². The Morgan fingerprint density at radius 2 is 1.94 bits per heavy atom. The molecule has 2 aliphatic rings. The molecule has 0 aromatic carbocycles. The molecular formula is C12H15N3O2. The van der Waals surface area contributed by atoms with Crippen molar-refractivity contribution in [1.82, 2.24) is 9.97 Å². The van der Waals surface area contributed by atoms with Crippen LogP contribution in [-0.4, -0.2) is 33.6 Å². The molecule has 0 aliphatic heterocycles. The summed E-state index contributed by atoms with van der Waals surface area (Å²) in [5.41, 5.74) is 0.149. The van der Waals surface area contributed by atoms with Gasteiger partial charge in [0.1, 0.15) is 0 Å². The second-order valence-electron chi connectivity index (χ2n) is 4.90. The smallest absolute Gasteiger partial charge is 0.338 e. The van der Waals surface area contributed by atoms with Crippen LogP contribution in [0.2, 0.25) is 0 Å². The van der Waals surface area contributed by atoms with Crippen LogP contribution in [0, 0.1) is 5.92 Å². The van der Waals surface area contributed by atoms with Gasteiger partial charge in [-0.05, 0) is 31.6 Å². The molecule has 1 heterocycles. The van der Waals surface area contributed by atoms with E-state index in [-0.39, 0.29) is 5.56 Å². The van der Waals surface area contributed by atoms with Crippen LogP contribution in [0.1, 0.15) is 36.0 Å². The van der Waals surface area contributed by atoms with E-state index in [2.05, 4.69) is 14.9 Å². The molecule has 0 amide bonds. The molecule has 0 saturated heterocycles. The second kappa shape index (κ2) is 3.98. The third-order valence-electron chi connectivity index (χ3n) is 3.28. The van der Waals surface area contributed by atoms with Crippen molar-refractivity contribution < 1.29 is 9.90 Å². The number of carboxylic acid groups (broad SMARTS) is 1. The minimum absolute atomic E-state index is 0.149. The number of aromatic carboxylic acids is 1. The third kappa shape index (κ3) is 2.38. The van der Waals surface area contributed by atoms with E-state index < -0.39 is 5.97 Å². The number of hydrogen-bond donors (Lipinski definition) is 1. The molecule has 90 valence electrons. The lowest BCUT2D eigenvalue weighted by atomic mass is 10.3. The van der Waals surface area contributed by atoms with Gasteiger partial charge in [-0.15, -0.1) is 0 Å². The van der Waals surface area contributed by atoms with Crippen LogP contribution in [0.5, 0.6) is 0 Å². The van der Waals surface area contributed by atoms with Crippen LogP contribution in [0.15, 0.2) is 12.4 Å². The number of carbonyl (C=O) groups is 1. The predicted octanol–water partition coefficient (Wildman–Crippen LogP) is 1.55. The van der Waals surface area contributed by atoms with Gasteiger partial charge in [-0.2, -0.15) is 0 Å². The summed E-state index contributed by atoms with van der Waals surface area (Å²) in [5, 5.41) is 8.80. The molecule has 3 rings (SSSR count). The molecule has 1 aromatic heterocycles. The molecule has 2 aliphatic carbocycles. The summed E-state index contributed by atoms with van der Waals surface area (Å²) in [7, 11) is 0. The van der Waals surface area contributed by atoms with Gasteiger partial charge in [0, 0.05) is 25.0 Å². The average Bonchev–Trinajstić information content (AvgIpc) is 3.18. The zero-order valence-electron chi connectivity index (χ0n) is 9.54. The topological polar surface area (TPSA) is 66.3 Å². The van der Waals surface area contributed by atoms with Crippen LogP contribution < -0.4 is 4.90 Å². The average molecular weight is 233 g/mol. The summed E-state index contributed by atoms with van der Waals surface area (Å²) in [4.78, 5) is 21.3. The lowest BCUT2D eigenvalue weighted by molar-refractivity contribution is 0.0696. The first kappa shape index (κ1) is 10.5. The van der Waals surface area contributed by atoms with Gasteiger partial charge < -0.3 is 10.0 Å². The first-order valence-corrected chi connectivity index (χ1v) is 6.06. The number of carboxylic acids is 1. The first-order chi connectivity index (χ1) is 8.24. The van der Waals surface area contributed by atoms with Crippen molar-refractivity contribution >= 4 is 11.9 Å². The van der Waals surface area contributed by atoms with Gasteiger partial charge in [0.15, 0.2) is 0 Å². The van der Waals surface area contributed by atoms with Gasteiger partial charge in [0.05, 0.1) is 5.56 Å². The molecule has 0 unspecified atom stereocenters. The SMILES string of the molecule is O=C(O)c1cnc(N(CC2CC2)C2CC2)nc1. The number of nitrogens with zero attached hydrogens (tertiary/aromatic N) is 3. The van der Waals surface area contributed by atoms with Crippen LogP contribution in [-0.2, 0) is 0 Å². The second-order valence-corrected chi connectivity index (χ2v) is 4.90. The highest BCUT2D eigenvalue weighted by molar-refractivity contribution is 5.86. The van der Waals surface area contributed by atoms with E-state index in [4.69, 9.17) is 5.11 Å². The summed E-state index contributed by atoms with van der Waals surface area (Å²) in [6.07, 6.45) is 7.81. The van der Waals surface area contributed by atoms with E-state index in [9.17, 15) is 4.79 Å². The molecule has 0 radical (unpaired) electrons. The van der Waals surface area contributed by atoms with E-state index in [0.717, 1.165) is 12.5 Å². The van der Waals surface area contributed by atoms with Crippen molar-refractivity contribution in [2.24, 2.45) is 5.92 Å². The Balaban J connectivity index is 1.77. The van der Waals surface area contributed by atoms with E-state index in [0.29, 0.717) is 12.0 Å². The highest BCUT2D eigenvalue weighted by Crippen LogP contribution is 2.36. The number of rotatable bonds is 5. The van der Waals surface area contributed by atoms with Crippen molar-refractivity contribution in [1.29, 1.82) is 0 Å². The van der Waals surface area contributed by atoms with Crippen molar-refractivity contribution in [3.8, 4) is 0 Å². The Labute approximate surface area is 99.5 Å². The zero-order chi connectivity index (χ0) is 11.8. The van der Waals surface area contributed by atoms with Crippen molar-refractivity contribution in [2.75, 3.05) is 11.4 Å². The van der Waals surface area contributed by atoms with Gasteiger partial charge in [0.25, 0.3) is 0 Å². The van der Waals surface area contributed by atoms with E-state index in [1.54, 1.807) is 0 Å². The van der Waals surface area contributed by atoms with Crippen LogP contribution >= 0.6 is 0 Å². The van der Waals surface area contributed by atoms with Gasteiger partial charge >= 0.3 is 5.97 Å². The predicted molar refractivity (Wildman–Crippen MR) is 62.1 cm³/mol. The standard InChI is InChI=1S/C12H15N3O2/c16-11(17)9-5-13-12(14-6-9)15(10-3-4-10)7-8-1-2-8/h5-6,8,10H,1-4,7H2,(H,16,17). The quantitative estimate of drug-likeness (QED) is 0.835. The van der Waals surface area contributed by atoms with Crippen LogP contribution in [0.3, 0.4) is 0 Å². The summed E-state index contributed by atoms with van der Waals surface area (Å²) in [6, 6.07) is 0.575. The minimum Gasteiger partial charge on any atom is -0.478 e. The minimum atomic E-state index is -0.975. The molecule has 5 nitrogen and oxygen atoms in total. The molecule has 17 heavy (non-hydrogen) atoms. The lowest BCUT2D eigenvalue weighted by Gasteiger charge is -2.21. The third-order valence-corrected chi connectivity index (χ3v) is 3.28. The molecule has 0 spiro atoms. The van der Waals surface area contributed by atoms with E-state index in [1.165, 1.54) is 38.1 Å². The monoisotopic (exact) mass is 233 g/mol. The van der Waals surface area contributed by atoms with Crippen LogP contribution in [0.25, 0.3) is 0 Å². The molecule has 2 saturated carbocycles. The molecule has 1 aromatic rings. The lowest BCUT2D eigenvalue weighted by Crippen LogP contribution is -2.29. The fraction of sp³-hybridized carbons (Fsp3) is 0.583. The molecule has 2 fully saturated rings. The summed E-state index contributed by atoms with van der Waals surface area (Å²) < 4.78 is 0. The maximum absolute atomic E-state index is 10.7. The van der Waals surface area contributed by atoms with Crippen molar-refractivity contribution in [3.63, 3.8) is 0 Å². The fourth-order valence-electron chi connectivity index (χ4n) is 1.94. The van der Waals surface area contributed by atoms with Crippen LogP contribution in [0.4, 0.5) is 5.95 Å². The first-order valence-electron chi connectivity index (χ1n) is 6.06. The van der Waals surface area contributed by atoms with Crippen molar-refractivity contribution in [2.45, 2.75) is 31.7 Å². The Bertz CT molecular complexity index is 424. The molecule has 0 atom stereocenters. The number of hydrogen-bond acceptors (Lipinski definition) is 4. The molecular weight excluding hydrogens is 218 g/mol. The Hall–Kier alpha value is -1.65. The summed E-state index contributed by atoms with van der Waals surface area (Å²) in [5.74, 6) is 0.500. The highest BCUT2D eigenvalue weighted by atomic mass is 16.4.